The molecular weight excluding hydrogens is 146 g/mol. The van der Waals surface area contributed by atoms with Gasteiger partial charge in [-0.25, -0.2) is 0 Å². The van der Waals surface area contributed by atoms with Gasteiger partial charge in [0.05, 0.1) is 0 Å². The molecule has 0 radical (unpaired) electrons. The highest BCUT2D eigenvalue weighted by Gasteiger charge is 2.32. The van der Waals surface area contributed by atoms with E-state index in [1.54, 1.807) is 0 Å². The molecule has 3 saturated heterocycles. The molecule has 3 heterocycles. The van der Waals surface area contributed by atoms with Crippen LogP contribution in [0.25, 0.3) is 0 Å². The van der Waals surface area contributed by atoms with Crippen molar-refractivity contribution in [1.29, 1.82) is 0 Å². The molecule has 10 heavy (non-hydrogen) atoms. The van der Waals surface area contributed by atoms with Gasteiger partial charge < -0.3 is 4.90 Å². The standard InChI is InChI=1S/C8H14ClN/c9-5-8-6-10-3-1-7(8)2-4-10/h7-8H,1-6H2/t8-/m0/s1. The fourth-order valence-corrected chi connectivity index (χ4v) is 2.61. The summed E-state index contributed by atoms with van der Waals surface area (Å²) in [6.45, 7) is 3.93. The molecule has 0 amide bonds. The van der Waals surface area contributed by atoms with Crippen molar-refractivity contribution in [3.05, 3.63) is 0 Å². The summed E-state index contributed by atoms with van der Waals surface area (Å²) in [5.74, 6) is 2.65. The van der Waals surface area contributed by atoms with Crippen LogP contribution < -0.4 is 0 Å². The average Bonchev–Trinajstić information content (AvgIpc) is 2.06. The molecular formula is C8H14ClN. The minimum absolute atomic E-state index is 0.809. The van der Waals surface area contributed by atoms with Crippen LogP contribution in [-0.4, -0.2) is 30.4 Å². The smallest absolute Gasteiger partial charge is 0.0266 e. The number of hydrogen-bond acceptors (Lipinski definition) is 1. The number of halogens is 1. The number of nitrogens with zero attached hydrogens (tertiary/aromatic N) is 1. The Morgan fingerprint density at radius 2 is 2.00 bits per heavy atom. The van der Waals surface area contributed by atoms with Gasteiger partial charge in [-0.15, -0.1) is 11.6 Å². The van der Waals surface area contributed by atoms with E-state index in [2.05, 4.69) is 4.90 Å². The van der Waals surface area contributed by atoms with Gasteiger partial charge in [0.25, 0.3) is 0 Å². The van der Waals surface area contributed by atoms with Gasteiger partial charge in [-0.05, 0) is 37.8 Å². The Morgan fingerprint density at radius 3 is 2.30 bits per heavy atom. The van der Waals surface area contributed by atoms with Gasteiger partial charge in [0.1, 0.15) is 0 Å². The molecule has 3 aliphatic rings. The maximum Gasteiger partial charge on any atom is 0.0266 e. The molecule has 0 N–H and O–H groups in total. The van der Waals surface area contributed by atoms with Crippen LogP contribution in [0.4, 0.5) is 0 Å². The quantitative estimate of drug-likeness (QED) is 0.525. The zero-order valence-corrected chi connectivity index (χ0v) is 6.98. The lowest BCUT2D eigenvalue weighted by Crippen LogP contribution is -2.47. The number of alkyl halides is 1. The summed E-state index contributed by atoms with van der Waals surface area (Å²) < 4.78 is 0. The first-order valence-corrected chi connectivity index (χ1v) is 4.72. The van der Waals surface area contributed by atoms with Crippen LogP contribution in [0, 0.1) is 11.8 Å². The van der Waals surface area contributed by atoms with Crippen molar-refractivity contribution in [2.24, 2.45) is 11.8 Å². The third-order valence-corrected chi connectivity index (χ3v) is 3.39. The summed E-state index contributed by atoms with van der Waals surface area (Å²) in [6.07, 6.45) is 2.80. The van der Waals surface area contributed by atoms with E-state index in [-0.39, 0.29) is 0 Å². The van der Waals surface area contributed by atoms with Crippen LogP contribution in [0.3, 0.4) is 0 Å². The molecule has 2 bridgehead atoms. The van der Waals surface area contributed by atoms with Crippen LogP contribution in [0.2, 0.25) is 0 Å². The van der Waals surface area contributed by atoms with Gasteiger partial charge >= 0.3 is 0 Å². The maximum absolute atomic E-state index is 5.85. The van der Waals surface area contributed by atoms with E-state index in [9.17, 15) is 0 Å². The fourth-order valence-electron chi connectivity index (χ4n) is 2.26. The third kappa shape index (κ3) is 1.06. The first-order valence-electron chi connectivity index (χ1n) is 4.18. The molecule has 0 aromatic rings. The molecule has 1 atom stereocenters. The zero-order valence-electron chi connectivity index (χ0n) is 6.22. The predicted octanol–water partition coefficient (Wildman–Crippen LogP) is 1.57. The first-order chi connectivity index (χ1) is 4.90. The molecule has 1 nitrogen and oxygen atoms in total. The molecule has 0 unspecified atom stereocenters. The molecule has 3 aliphatic heterocycles. The average molecular weight is 160 g/mol. The molecule has 0 saturated carbocycles. The second kappa shape index (κ2) is 2.71. The Bertz CT molecular complexity index is 118. The number of rotatable bonds is 1. The molecule has 0 spiro atoms. The third-order valence-electron chi connectivity index (χ3n) is 2.99. The topological polar surface area (TPSA) is 3.24 Å². The molecule has 58 valence electrons. The van der Waals surface area contributed by atoms with Crippen LogP contribution in [0.5, 0.6) is 0 Å². The normalized spacial score (nSPS) is 45.9. The minimum Gasteiger partial charge on any atom is -0.303 e. The van der Waals surface area contributed by atoms with Gasteiger partial charge in [0, 0.05) is 12.4 Å². The Kier molecular flexibility index (Phi) is 1.88. The lowest BCUT2D eigenvalue weighted by molar-refractivity contribution is 0.0620. The van der Waals surface area contributed by atoms with E-state index in [1.807, 2.05) is 0 Å². The number of hydrogen-bond donors (Lipinski definition) is 0. The summed E-state index contributed by atoms with van der Waals surface area (Å²) in [5, 5.41) is 0. The fraction of sp³-hybridized carbons (Fsp3) is 1.00. The minimum atomic E-state index is 0.809. The second-order valence-electron chi connectivity index (χ2n) is 3.55. The van der Waals surface area contributed by atoms with Gasteiger partial charge in [-0.2, -0.15) is 0 Å². The summed E-state index contributed by atoms with van der Waals surface area (Å²) in [7, 11) is 0. The number of fused-ring (bicyclic) bond motifs is 3. The Balaban J connectivity index is 2.01. The van der Waals surface area contributed by atoms with Crippen LogP contribution in [0.1, 0.15) is 12.8 Å². The van der Waals surface area contributed by atoms with E-state index in [0.29, 0.717) is 0 Å². The SMILES string of the molecule is ClC[C@H]1CN2CCC1CC2. The maximum atomic E-state index is 5.85. The van der Waals surface area contributed by atoms with Crippen LogP contribution in [0.15, 0.2) is 0 Å². The lowest BCUT2D eigenvalue weighted by atomic mass is 9.80. The predicted molar refractivity (Wildman–Crippen MR) is 43.4 cm³/mol. The number of piperidine rings is 3. The summed E-state index contributed by atoms with van der Waals surface area (Å²) in [6, 6.07) is 0. The second-order valence-corrected chi connectivity index (χ2v) is 3.86. The Morgan fingerprint density at radius 1 is 1.30 bits per heavy atom. The van der Waals surface area contributed by atoms with E-state index in [4.69, 9.17) is 11.6 Å². The monoisotopic (exact) mass is 159 g/mol. The van der Waals surface area contributed by atoms with Crippen LogP contribution >= 0.6 is 11.6 Å². The Hall–Kier alpha value is 0.250. The van der Waals surface area contributed by atoms with E-state index >= 15 is 0 Å². The molecule has 0 aromatic carbocycles. The first kappa shape index (κ1) is 6.93. The van der Waals surface area contributed by atoms with Crippen molar-refractivity contribution in [3.8, 4) is 0 Å². The van der Waals surface area contributed by atoms with Crippen molar-refractivity contribution in [3.63, 3.8) is 0 Å². The highest BCUT2D eigenvalue weighted by Crippen LogP contribution is 2.32. The molecule has 3 fully saturated rings. The van der Waals surface area contributed by atoms with E-state index in [1.165, 1.54) is 32.5 Å². The van der Waals surface area contributed by atoms with Gasteiger partial charge in [0.2, 0.25) is 0 Å². The van der Waals surface area contributed by atoms with Crippen molar-refractivity contribution in [1.82, 2.24) is 4.90 Å². The van der Waals surface area contributed by atoms with Crippen molar-refractivity contribution in [2.45, 2.75) is 12.8 Å². The van der Waals surface area contributed by atoms with E-state index in [0.717, 1.165) is 17.7 Å². The van der Waals surface area contributed by atoms with E-state index < -0.39 is 0 Å². The highest BCUT2D eigenvalue weighted by atomic mass is 35.5. The summed E-state index contributed by atoms with van der Waals surface area (Å²) in [4.78, 5) is 2.55. The molecule has 3 rings (SSSR count). The lowest BCUT2D eigenvalue weighted by Gasteiger charge is -2.44. The van der Waals surface area contributed by atoms with Crippen LogP contribution in [-0.2, 0) is 0 Å². The highest BCUT2D eigenvalue weighted by molar-refractivity contribution is 6.18. The molecule has 0 aromatic heterocycles. The Labute approximate surface area is 67.3 Å². The molecule has 2 heteroatoms. The molecule has 0 aliphatic carbocycles. The van der Waals surface area contributed by atoms with Crippen molar-refractivity contribution < 1.29 is 0 Å². The van der Waals surface area contributed by atoms with Gasteiger partial charge in [0.15, 0.2) is 0 Å². The largest absolute Gasteiger partial charge is 0.303 e. The summed E-state index contributed by atoms with van der Waals surface area (Å²) >= 11 is 5.85. The van der Waals surface area contributed by atoms with Gasteiger partial charge in [-0.3, -0.25) is 0 Å². The summed E-state index contributed by atoms with van der Waals surface area (Å²) in [5.41, 5.74) is 0. The van der Waals surface area contributed by atoms with Crippen molar-refractivity contribution in [2.75, 3.05) is 25.5 Å². The zero-order chi connectivity index (χ0) is 6.97. The van der Waals surface area contributed by atoms with Crippen molar-refractivity contribution >= 4 is 11.6 Å². The van der Waals surface area contributed by atoms with Gasteiger partial charge in [-0.1, -0.05) is 0 Å².